The average Bonchev–Trinajstić information content (AvgIpc) is 2.80. The predicted molar refractivity (Wildman–Crippen MR) is 146 cm³/mol. The number of rotatable bonds is 9. The van der Waals surface area contributed by atoms with E-state index in [9.17, 15) is 4.79 Å². The molecule has 4 unspecified atom stereocenters. The molecule has 202 valence electrons. The molecule has 3 aliphatic carbocycles. The standard InChI is InChI=1S/C32H56O3/c1-9-31(5,6)28(21-30(2,3)4)25-16-15-24-20-27(18-17-23(24)19-25)34-22-29(33)35-32(7,8)26-13-11-10-12-14-26/h19,24-28H,9-18,20-22H2,1-8H3. The summed E-state index contributed by atoms with van der Waals surface area (Å²) in [5, 5.41) is 0. The van der Waals surface area contributed by atoms with Crippen molar-refractivity contribution in [2.75, 3.05) is 6.61 Å². The molecule has 3 heteroatoms. The summed E-state index contributed by atoms with van der Waals surface area (Å²) in [5.41, 5.74) is 2.02. The molecule has 3 nitrogen and oxygen atoms in total. The van der Waals surface area contributed by atoms with Crippen LogP contribution in [-0.2, 0) is 14.3 Å². The predicted octanol–water partition coefficient (Wildman–Crippen LogP) is 8.90. The SMILES string of the molecule is CCC(C)(C)C(CC(C)(C)C)C1C=C2CCC(OCC(=O)OC(C)(C)C3CCCCC3)CC2CC1. The molecular formula is C32H56O3. The molecule has 0 aliphatic heterocycles. The molecule has 0 radical (unpaired) electrons. The van der Waals surface area contributed by atoms with Crippen LogP contribution in [0, 0.1) is 34.5 Å². The highest BCUT2D eigenvalue weighted by atomic mass is 16.6. The number of fused-ring (bicyclic) bond motifs is 1. The molecule has 2 fully saturated rings. The Balaban J connectivity index is 1.52. The smallest absolute Gasteiger partial charge is 0.332 e. The van der Waals surface area contributed by atoms with E-state index in [1.165, 1.54) is 57.8 Å². The topological polar surface area (TPSA) is 35.5 Å². The second-order valence-corrected chi connectivity index (χ2v) is 14.5. The molecule has 0 amide bonds. The molecule has 3 aliphatic rings. The van der Waals surface area contributed by atoms with Crippen LogP contribution >= 0.6 is 0 Å². The van der Waals surface area contributed by atoms with Gasteiger partial charge in [-0.15, -0.1) is 0 Å². The summed E-state index contributed by atoms with van der Waals surface area (Å²) in [6.45, 7) is 18.8. The summed E-state index contributed by atoms with van der Waals surface area (Å²) in [5.74, 6) is 2.37. The van der Waals surface area contributed by atoms with Crippen LogP contribution in [0.15, 0.2) is 11.6 Å². The van der Waals surface area contributed by atoms with Crippen molar-refractivity contribution in [2.24, 2.45) is 34.5 Å². The lowest BCUT2D eigenvalue weighted by Gasteiger charge is -2.45. The van der Waals surface area contributed by atoms with Crippen molar-refractivity contribution in [3.63, 3.8) is 0 Å². The quantitative estimate of drug-likeness (QED) is 0.240. The third-order valence-electron chi connectivity index (χ3n) is 9.77. The van der Waals surface area contributed by atoms with Crippen LogP contribution in [0.3, 0.4) is 0 Å². The zero-order chi connectivity index (χ0) is 25.9. The van der Waals surface area contributed by atoms with E-state index in [1.54, 1.807) is 5.57 Å². The van der Waals surface area contributed by atoms with Crippen molar-refractivity contribution in [2.45, 2.75) is 144 Å². The summed E-state index contributed by atoms with van der Waals surface area (Å²) < 4.78 is 12.1. The van der Waals surface area contributed by atoms with Crippen molar-refractivity contribution in [3.8, 4) is 0 Å². The summed E-state index contributed by atoms with van der Waals surface area (Å²) in [7, 11) is 0. The van der Waals surface area contributed by atoms with Crippen LogP contribution in [0.5, 0.6) is 0 Å². The number of hydrogen-bond donors (Lipinski definition) is 0. The molecule has 0 aromatic rings. The van der Waals surface area contributed by atoms with Crippen molar-refractivity contribution < 1.29 is 14.3 Å². The molecule has 0 spiro atoms. The number of hydrogen-bond acceptors (Lipinski definition) is 3. The first kappa shape index (κ1) is 28.7. The van der Waals surface area contributed by atoms with Crippen LogP contribution in [-0.4, -0.2) is 24.3 Å². The van der Waals surface area contributed by atoms with Crippen molar-refractivity contribution in [1.29, 1.82) is 0 Å². The number of esters is 1. The zero-order valence-electron chi connectivity index (χ0n) is 24.4. The Morgan fingerprint density at radius 3 is 2.29 bits per heavy atom. The third kappa shape index (κ3) is 8.08. The minimum Gasteiger partial charge on any atom is -0.458 e. The number of carbonyl (C=O) groups excluding carboxylic acids is 1. The summed E-state index contributed by atoms with van der Waals surface area (Å²) >= 11 is 0. The maximum absolute atomic E-state index is 12.6. The maximum atomic E-state index is 12.6. The van der Waals surface area contributed by atoms with Gasteiger partial charge in [-0.3, -0.25) is 0 Å². The Hall–Kier alpha value is -0.830. The normalized spacial score (nSPS) is 27.7. The molecule has 0 N–H and O–H groups in total. The van der Waals surface area contributed by atoms with Gasteiger partial charge in [0, 0.05) is 0 Å². The molecule has 0 bridgehead atoms. The Morgan fingerprint density at radius 1 is 0.971 bits per heavy atom. The van der Waals surface area contributed by atoms with E-state index in [1.807, 2.05) is 0 Å². The van der Waals surface area contributed by atoms with E-state index < -0.39 is 0 Å². The molecule has 35 heavy (non-hydrogen) atoms. The van der Waals surface area contributed by atoms with Gasteiger partial charge in [0.2, 0.25) is 0 Å². The first-order valence-electron chi connectivity index (χ1n) is 14.8. The molecule has 0 aromatic heterocycles. The highest BCUT2D eigenvalue weighted by Gasteiger charge is 2.40. The summed E-state index contributed by atoms with van der Waals surface area (Å²) in [6.07, 6.45) is 17.4. The van der Waals surface area contributed by atoms with Gasteiger partial charge < -0.3 is 9.47 Å². The molecule has 4 atom stereocenters. The lowest BCUT2D eigenvalue weighted by Crippen LogP contribution is -2.39. The van der Waals surface area contributed by atoms with Gasteiger partial charge in [0.25, 0.3) is 0 Å². The molecule has 3 rings (SSSR count). The Kier molecular flexibility index (Phi) is 9.61. The van der Waals surface area contributed by atoms with Gasteiger partial charge in [-0.1, -0.05) is 78.9 Å². The van der Waals surface area contributed by atoms with Gasteiger partial charge in [0.15, 0.2) is 0 Å². The van der Waals surface area contributed by atoms with Crippen molar-refractivity contribution >= 4 is 5.97 Å². The minimum absolute atomic E-state index is 0.105. The summed E-state index contributed by atoms with van der Waals surface area (Å²) in [4.78, 5) is 12.6. The Labute approximate surface area is 217 Å². The second kappa shape index (κ2) is 11.7. The second-order valence-electron chi connectivity index (χ2n) is 14.5. The zero-order valence-corrected chi connectivity index (χ0v) is 24.4. The van der Waals surface area contributed by atoms with E-state index >= 15 is 0 Å². The lowest BCUT2D eigenvalue weighted by atomic mass is 9.61. The highest BCUT2D eigenvalue weighted by Crippen LogP contribution is 2.49. The van der Waals surface area contributed by atoms with E-state index in [0.717, 1.165) is 25.2 Å². The van der Waals surface area contributed by atoms with Gasteiger partial charge in [0.05, 0.1) is 6.10 Å². The largest absolute Gasteiger partial charge is 0.458 e. The molecule has 0 saturated heterocycles. The molecular weight excluding hydrogens is 432 g/mol. The van der Waals surface area contributed by atoms with Gasteiger partial charge in [0.1, 0.15) is 12.2 Å². The third-order valence-corrected chi connectivity index (χ3v) is 9.77. The number of carbonyl (C=O) groups is 1. The van der Waals surface area contributed by atoms with E-state index in [-0.39, 0.29) is 24.3 Å². The number of ether oxygens (including phenoxy) is 2. The monoisotopic (exact) mass is 488 g/mol. The van der Waals surface area contributed by atoms with Crippen molar-refractivity contribution in [1.82, 2.24) is 0 Å². The number of allylic oxidation sites excluding steroid dienone is 2. The lowest BCUT2D eigenvalue weighted by molar-refractivity contribution is -0.170. The highest BCUT2D eigenvalue weighted by molar-refractivity contribution is 5.71. The van der Waals surface area contributed by atoms with E-state index in [2.05, 4.69) is 61.5 Å². The van der Waals surface area contributed by atoms with Crippen LogP contribution in [0.4, 0.5) is 0 Å². The van der Waals surface area contributed by atoms with Gasteiger partial charge in [-0.05, 0) is 99.7 Å². The van der Waals surface area contributed by atoms with Gasteiger partial charge >= 0.3 is 5.97 Å². The molecule has 0 heterocycles. The van der Waals surface area contributed by atoms with Crippen molar-refractivity contribution in [3.05, 3.63) is 11.6 Å². The van der Waals surface area contributed by atoms with Gasteiger partial charge in [-0.2, -0.15) is 0 Å². The van der Waals surface area contributed by atoms with Crippen LogP contribution in [0.1, 0.15) is 132 Å². The summed E-state index contributed by atoms with van der Waals surface area (Å²) in [6, 6.07) is 0. The minimum atomic E-state index is -0.377. The van der Waals surface area contributed by atoms with Crippen LogP contribution in [0.2, 0.25) is 0 Å². The Bertz CT molecular complexity index is 720. The van der Waals surface area contributed by atoms with Gasteiger partial charge in [-0.25, -0.2) is 4.79 Å². The molecule has 2 saturated carbocycles. The molecule has 0 aromatic carbocycles. The van der Waals surface area contributed by atoms with Crippen LogP contribution < -0.4 is 0 Å². The van der Waals surface area contributed by atoms with Crippen LogP contribution in [0.25, 0.3) is 0 Å². The first-order chi connectivity index (χ1) is 16.3. The fourth-order valence-corrected chi connectivity index (χ4v) is 7.18. The van der Waals surface area contributed by atoms with E-state index in [4.69, 9.17) is 9.47 Å². The Morgan fingerprint density at radius 2 is 1.66 bits per heavy atom. The first-order valence-corrected chi connectivity index (χ1v) is 14.8. The maximum Gasteiger partial charge on any atom is 0.332 e. The fraction of sp³-hybridized carbons (Fsp3) is 0.906. The average molecular weight is 489 g/mol. The van der Waals surface area contributed by atoms with E-state index in [0.29, 0.717) is 28.6 Å². The fourth-order valence-electron chi connectivity index (χ4n) is 7.18.